The van der Waals surface area contributed by atoms with E-state index in [9.17, 15) is 13.2 Å². The van der Waals surface area contributed by atoms with Crippen molar-refractivity contribution in [1.82, 2.24) is 0 Å². The van der Waals surface area contributed by atoms with E-state index in [1.165, 1.54) is 6.42 Å². The fourth-order valence-corrected chi connectivity index (χ4v) is 9.13. The van der Waals surface area contributed by atoms with Gasteiger partial charge in [-0.15, -0.1) is 0 Å². The molecule has 0 radical (unpaired) electrons. The molecule has 0 spiro atoms. The molecule has 0 aliphatic heterocycles. The van der Waals surface area contributed by atoms with Gasteiger partial charge in [0.25, 0.3) is 10.1 Å². The Balaban J connectivity index is 1.30. The number of Topliss-reactive ketones (excluding diaryl/α,β-unsaturated/α-hetero) is 1. The Labute approximate surface area is 187 Å². The van der Waals surface area contributed by atoms with Crippen molar-refractivity contribution >= 4 is 15.9 Å². The van der Waals surface area contributed by atoms with Gasteiger partial charge in [-0.3, -0.25) is 8.98 Å². The average Bonchev–Trinajstić information content (AvgIpc) is 3.03. The van der Waals surface area contributed by atoms with Gasteiger partial charge in [-0.1, -0.05) is 31.5 Å². The first-order valence-electron chi connectivity index (χ1n) is 12.2. The molecule has 1 aromatic rings. The number of ketones is 1. The van der Waals surface area contributed by atoms with Crippen LogP contribution < -0.4 is 0 Å². The Morgan fingerprint density at radius 2 is 1.68 bits per heavy atom. The SMILES string of the molecule is Cc1ccc(S(=O)(=O)O[C@@H]2CC[C@@]3(C)[C@H](CC[C@@H]4[C@H]5CCC(=O)[C@@]5(C)CC[C@@H]43)C2)cc1. The van der Waals surface area contributed by atoms with E-state index in [0.717, 1.165) is 56.9 Å². The molecule has 0 unspecified atom stereocenters. The number of hydrogen-bond donors (Lipinski definition) is 0. The van der Waals surface area contributed by atoms with Crippen molar-refractivity contribution in [3.05, 3.63) is 29.8 Å². The van der Waals surface area contributed by atoms with Gasteiger partial charge in [-0.2, -0.15) is 8.42 Å². The van der Waals surface area contributed by atoms with Gasteiger partial charge in [-0.05, 0) is 99.5 Å². The molecule has 5 rings (SSSR count). The van der Waals surface area contributed by atoms with E-state index >= 15 is 0 Å². The molecule has 4 saturated carbocycles. The summed E-state index contributed by atoms with van der Waals surface area (Å²) in [6, 6.07) is 6.93. The molecule has 4 nitrogen and oxygen atoms in total. The van der Waals surface area contributed by atoms with E-state index < -0.39 is 10.1 Å². The van der Waals surface area contributed by atoms with Crippen molar-refractivity contribution in [2.75, 3.05) is 0 Å². The van der Waals surface area contributed by atoms with Gasteiger partial charge in [0.05, 0.1) is 11.0 Å². The molecular weight excluding hydrogens is 408 g/mol. The summed E-state index contributed by atoms with van der Waals surface area (Å²) in [6.45, 7) is 6.64. The quantitative estimate of drug-likeness (QED) is 0.563. The Hall–Kier alpha value is -1.20. The van der Waals surface area contributed by atoms with Crippen LogP contribution in [0.1, 0.15) is 77.2 Å². The highest BCUT2D eigenvalue weighted by molar-refractivity contribution is 7.86. The van der Waals surface area contributed by atoms with E-state index in [2.05, 4.69) is 13.8 Å². The summed E-state index contributed by atoms with van der Waals surface area (Å²) in [5.74, 6) is 2.92. The Morgan fingerprint density at radius 3 is 2.42 bits per heavy atom. The molecule has 31 heavy (non-hydrogen) atoms. The summed E-state index contributed by atoms with van der Waals surface area (Å²) in [5, 5.41) is 0. The summed E-state index contributed by atoms with van der Waals surface area (Å²) in [7, 11) is -3.72. The maximum Gasteiger partial charge on any atom is 0.297 e. The summed E-state index contributed by atoms with van der Waals surface area (Å²) in [4.78, 5) is 12.9. The molecule has 0 N–H and O–H groups in total. The first-order chi connectivity index (χ1) is 14.6. The van der Waals surface area contributed by atoms with Gasteiger partial charge < -0.3 is 0 Å². The molecule has 0 heterocycles. The summed E-state index contributed by atoms with van der Waals surface area (Å²) >= 11 is 0. The smallest absolute Gasteiger partial charge is 0.297 e. The minimum atomic E-state index is -3.72. The first-order valence-corrected chi connectivity index (χ1v) is 13.6. The van der Waals surface area contributed by atoms with Crippen LogP contribution in [0.4, 0.5) is 0 Å². The highest BCUT2D eigenvalue weighted by Gasteiger charge is 2.60. The predicted molar refractivity (Wildman–Crippen MR) is 120 cm³/mol. The monoisotopic (exact) mass is 444 g/mol. The highest BCUT2D eigenvalue weighted by atomic mass is 32.2. The lowest BCUT2D eigenvalue weighted by molar-refractivity contribution is -0.141. The second kappa shape index (κ2) is 7.41. The number of carbonyl (C=O) groups is 1. The third-order valence-electron chi connectivity index (χ3n) is 9.90. The summed E-state index contributed by atoms with van der Waals surface area (Å²) < 4.78 is 31.4. The van der Waals surface area contributed by atoms with Crippen molar-refractivity contribution in [3.8, 4) is 0 Å². The van der Waals surface area contributed by atoms with Crippen LogP contribution in [-0.2, 0) is 19.1 Å². The maximum atomic E-state index is 12.8. The lowest BCUT2D eigenvalue weighted by Gasteiger charge is -2.60. The molecule has 0 bridgehead atoms. The van der Waals surface area contributed by atoms with E-state index in [1.54, 1.807) is 12.1 Å². The van der Waals surface area contributed by atoms with Crippen molar-refractivity contribution in [3.63, 3.8) is 0 Å². The number of hydrogen-bond acceptors (Lipinski definition) is 4. The lowest BCUT2D eigenvalue weighted by Crippen LogP contribution is -2.54. The van der Waals surface area contributed by atoms with Gasteiger partial charge in [-0.25, -0.2) is 0 Å². The second-order valence-corrected chi connectivity index (χ2v) is 12.9. The van der Waals surface area contributed by atoms with Gasteiger partial charge in [0.1, 0.15) is 5.78 Å². The molecule has 7 atom stereocenters. The summed E-state index contributed by atoms with van der Waals surface area (Å²) in [6.07, 6.45) is 8.85. The van der Waals surface area contributed by atoms with Crippen LogP contribution in [0, 0.1) is 41.4 Å². The average molecular weight is 445 g/mol. The normalized spacial score (nSPS) is 42.5. The molecule has 4 aliphatic rings. The number of aryl methyl sites for hydroxylation is 1. The van der Waals surface area contributed by atoms with Crippen LogP contribution in [0.15, 0.2) is 29.2 Å². The predicted octanol–water partition coefficient (Wildman–Crippen LogP) is 5.68. The summed E-state index contributed by atoms with van der Waals surface area (Å²) in [5.41, 5.74) is 1.22. The zero-order chi connectivity index (χ0) is 22.0. The topological polar surface area (TPSA) is 60.4 Å². The van der Waals surface area contributed by atoms with Crippen molar-refractivity contribution in [2.24, 2.45) is 34.5 Å². The lowest BCUT2D eigenvalue weighted by atomic mass is 9.45. The zero-order valence-corrected chi connectivity index (χ0v) is 19.9. The third kappa shape index (κ3) is 3.42. The first kappa shape index (κ1) is 21.6. The molecule has 0 amide bonds. The van der Waals surface area contributed by atoms with Gasteiger partial charge in [0, 0.05) is 11.8 Å². The van der Waals surface area contributed by atoms with E-state index in [1.807, 2.05) is 19.1 Å². The fraction of sp³-hybridized carbons (Fsp3) is 0.731. The third-order valence-corrected chi connectivity index (χ3v) is 11.3. The number of fused-ring (bicyclic) bond motifs is 5. The van der Waals surface area contributed by atoms with Gasteiger partial charge >= 0.3 is 0 Å². The zero-order valence-electron chi connectivity index (χ0n) is 19.1. The second-order valence-electron chi connectivity index (χ2n) is 11.3. The van der Waals surface area contributed by atoms with Gasteiger partial charge in [0.15, 0.2) is 0 Å². The molecule has 0 aromatic heterocycles. The van der Waals surface area contributed by atoms with Gasteiger partial charge in [0.2, 0.25) is 0 Å². The van der Waals surface area contributed by atoms with Crippen LogP contribution in [-0.4, -0.2) is 20.3 Å². The molecule has 170 valence electrons. The molecule has 1 aromatic carbocycles. The minimum Gasteiger partial charge on any atom is -0.299 e. The maximum absolute atomic E-state index is 12.8. The number of rotatable bonds is 3. The molecule has 4 aliphatic carbocycles. The highest BCUT2D eigenvalue weighted by Crippen LogP contribution is 2.65. The Bertz CT molecular complexity index is 968. The standard InChI is InChI=1S/C26H36O4S/c1-17-4-7-20(8-5-17)31(28,29)30-19-12-14-25(2)18(16-19)6-9-21-22-10-11-24(27)26(22,3)15-13-23(21)25/h4-5,7-8,18-19,21-23H,6,9-16H2,1-3H3/t18-,19-,21-,22-,23+,25+,26+/m1/s1. The Kier molecular flexibility index (Phi) is 5.17. The van der Waals surface area contributed by atoms with E-state index in [0.29, 0.717) is 29.5 Å². The molecule has 0 saturated heterocycles. The van der Waals surface area contributed by atoms with Crippen LogP contribution in [0.25, 0.3) is 0 Å². The largest absolute Gasteiger partial charge is 0.299 e. The molecular formula is C26H36O4S. The van der Waals surface area contributed by atoms with Crippen LogP contribution in [0.5, 0.6) is 0 Å². The molecule has 4 fully saturated rings. The van der Waals surface area contributed by atoms with E-state index in [-0.39, 0.29) is 21.8 Å². The Morgan fingerprint density at radius 1 is 0.935 bits per heavy atom. The van der Waals surface area contributed by atoms with Crippen molar-refractivity contribution in [2.45, 2.75) is 89.6 Å². The van der Waals surface area contributed by atoms with E-state index in [4.69, 9.17) is 4.18 Å². The van der Waals surface area contributed by atoms with Crippen LogP contribution >= 0.6 is 0 Å². The fourth-order valence-electron chi connectivity index (χ4n) is 8.02. The van der Waals surface area contributed by atoms with Crippen molar-refractivity contribution in [1.29, 1.82) is 0 Å². The molecule has 5 heteroatoms. The van der Waals surface area contributed by atoms with Crippen molar-refractivity contribution < 1.29 is 17.4 Å². The number of carbonyl (C=O) groups excluding carboxylic acids is 1. The van der Waals surface area contributed by atoms with Crippen LogP contribution in [0.3, 0.4) is 0 Å². The minimum absolute atomic E-state index is 0.0766. The number of benzene rings is 1. The van der Waals surface area contributed by atoms with Crippen LogP contribution in [0.2, 0.25) is 0 Å².